The van der Waals surface area contributed by atoms with Crippen LogP contribution >= 0.6 is 21.6 Å². The third-order valence-electron chi connectivity index (χ3n) is 6.74. The fraction of sp³-hybridized carbons (Fsp3) is 0.455. The van der Waals surface area contributed by atoms with Gasteiger partial charge in [-0.05, 0) is 45.7 Å². The van der Waals surface area contributed by atoms with E-state index in [-0.39, 0.29) is 24.2 Å². The number of carbonyl (C=O) groups excluding carboxylic acids is 4. The largest absolute Gasteiger partial charge is 0.533 e. The number of nitrogens with zero attached hydrogens (tertiary/aromatic N) is 1. The van der Waals surface area contributed by atoms with Gasteiger partial charge in [0.2, 0.25) is 0 Å². The van der Waals surface area contributed by atoms with Crippen molar-refractivity contribution in [2.75, 3.05) is 25.5 Å². The van der Waals surface area contributed by atoms with Gasteiger partial charge < -0.3 is 19.5 Å². The first-order valence-corrected chi connectivity index (χ1v) is 16.8. The van der Waals surface area contributed by atoms with Crippen LogP contribution in [0.5, 0.6) is 0 Å². The second-order valence-electron chi connectivity index (χ2n) is 11.4. The van der Waals surface area contributed by atoms with E-state index in [0.29, 0.717) is 48.0 Å². The molecule has 1 heterocycles. The van der Waals surface area contributed by atoms with Gasteiger partial charge in [-0.15, -0.1) is 0 Å². The topological polar surface area (TPSA) is 120 Å². The number of rotatable bonds is 15. The summed E-state index contributed by atoms with van der Waals surface area (Å²) in [6.07, 6.45) is 2.18. The zero-order valence-corrected chi connectivity index (χ0v) is 27.8. The molecule has 1 atom stereocenters. The molecule has 0 bridgehead atoms. The van der Waals surface area contributed by atoms with Crippen molar-refractivity contribution >= 4 is 45.7 Å². The van der Waals surface area contributed by atoms with E-state index in [9.17, 15) is 19.2 Å². The molecule has 3 rings (SSSR count). The Morgan fingerprint density at radius 3 is 2.49 bits per heavy atom. The SMILES string of the molecule is C=C/C1=C(\C=C)C(OC(=O)NCCC(C)(C)OCC(C)(C)SSCCOC(=O)ON2C(=O)CCC2=O)Cc2ccccc2C#C1. The molecule has 1 aliphatic carbocycles. The van der Waals surface area contributed by atoms with Crippen molar-refractivity contribution in [3.63, 3.8) is 0 Å². The van der Waals surface area contributed by atoms with Crippen LogP contribution in [0.25, 0.3) is 0 Å². The summed E-state index contributed by atoms with van der Waals surface area (Å²) in [7, 11) is 3.07. The molecule has 45 heavy (non-hydrogen) atoms. The fourth-order valence-corrected chi connectivity index (χ4v) is 6.46. The summed E-state index contributed by atoms with van der Waals surface area (Å²) in [6.45, 7) is 16.6. The molecule has 3 amide bonds. The molecule has 1 aromatic rings. The highest BCUT2D eigenvalue weighted by Crippen LogP contribution is 2.36. The first-order chi connectivity index (χ1) is 21.3. The molecule has 242 valence electrons. The number of carbonyl (C=O) groups is 4. The van der Waals surface area contributed by atoms with Crippen molar-refractivity contribution in [2.24, 2.45) is 0 Å². The smallest absolute Gasteiger partial charge is 0.441 e. The summed E-state index contributed by atoms with van der Waals surface area (Å²) >= 11 is 0. The van der Waals surface area contributed by atoms with Crippen LogP contribution in [0.4, 0.5) is 9.59 Å². The summed E-state index contributed by atoms with van der Waals surface area (Å²) in [6, 6.07) is 7.78. The number of ether oxygens (including phenoxy) is 3. The van der Waals surface area contributed by atoms with Gasteiger partial charge in [-0.2, -0.15) is 0 Å². The van der Waals surface area contributed by atoms with E-state index < -0.39 is 35.8 Å². The zero-order valence-electron chi connectivity index (χ0n) is 26.1. The molecule has 1 aliphatic heterocycles. The molecule has 0 aromatic heterocycles. The van der Waals surface area contributed by atoms with E-state index >= 15 is 0 Å². The first-order valence-electron chi connectivity index (χ1n) is 14.5. The third kappa shape index (κ3) is 11.3. The molecule has 0 saturated carbocycles. The van der Waals surface area contributed by atoms with Crippen LogP contribution in [0.1, 0.15) is 58.1 Å². The van der Waals surface area contributed by atoms with Crippen molar-refractivity contribution in [3.05, 3.63) is 71.8 Å². The molecule has 10 nitrogen and oxygen atoms in total. The van der Waals surface area contributed by atoms with Crippen LogP contribution in [0.3, 0.4) is 0 Å². The van der Waals surface area contributed by atoms with Gasteiger partial charge in [0.15, 0.2) is 0 Å². The zero-order chi connectivity index (χ0) is 33.0. The molecule has 1 unspecified atom stereocenters. The molecule has 12 heteroatoms. The number of hydrogen-bond acceptors (Lipinski definition) is 10. The van der Waals surface area contributed by atoms with Crippen LogP contribution in [0.15, 0.2) is 60.7 Å². The fourth-order valence-electron chi connectivity index (χ4n) is 4.25. The predicted molar refractivity (Wildman–Crippen MR) is 175 cm³/mol. The second-order valence-corrected chi connectivity index (χ2v) is 14.6. The number of imide groups is 1. The van der Waals surface area contributed by atoms with Crippen LogP contribution in [0.2, 0.25) is 0 Å². The maximum absolute atomic E-state index is 12.8. The number of hydroxylamine groups is 2. The van der Waals surface area contributed by atoms with Gasteiger partial charge in [-0.3, -0.25) is 14.4 Å². The Morgan fingerprint density at radius 1 is 1.09 bits per heavy atom. The van der Waals surface area contributed by atoms with E-state index in [0.717, 1.165) is 11.1 Å². The molecule has 1 aromatic carbocycles. The lowest BCUT2D eigenvalue weighted by molar-refractivity contribution is -0.176. The highest BCUT2D eigenvalue weighted by Gasteiger charge is 2.33. The summed E-state index contributed by atoms with van der Waals surface area (Å²) in [4.78, 5) is 52.3. The minimum atomic E-state index is -1.09. The number of fused-ring (bicyclic) bond motifs is 1. The van der Waals surface area contributed by atoms with Gasteiger partial charge in [0.25, 0.3) is 11.8 Å². The van der Waals surface area contributed by atoms with Crippen molar-refractivity contribution < 1.29 is 38.2 Å². The van der Waals surface area contributed by atoms with Gasteiger partial charge in [-0.25, -0.2) is 9.59 Å². The lowest BCUT2D eigenvalue weighted by Crippen LogP contribution is -2.37. The maximum Gasteiger partial charge on any atom is 0.533 e. The number of amides is 3. The van der Waals surface area contributed by atoms with E-state index in [1.165, 1.54) is 10.8 Å². The molecular weight excluding hydrogens is 617 g/mol. The lowest BCUT2D eigenvalue weighted by Gasteiger charge is -2.31. The predicted octanol–water partition coefficient (Wildman–Crippen LogP) is 5.92. The number of allylic oxidation sites excluding steroid dienone is 2. The Bertz CT molecular complexity index is 1380. The average molecular weight is 657 g/mol. The second kappa shape index (κ2) is 16.6. The Labute approximate surface area is 272 Å². The molecular formula is C33H40N2O8S2. The molecule has 0 radical (unpaired) electrons. The lowest BCUT2D eigenvalue weighted by atomic mass is 9.92. The van der Waals surface area contributed by atoms with Crippen LogP contribution in [0, 0.1) is 11.8 Å². The Kier molecular flexibility index (Phi) is 13.2. The minimum Gasteiger partial charge on any atom is -0.441 e. The molecule has 1 fully saturated rings. The normalized spacial score (nSPS) is 18.1. The standard InChI is InChI=1S/C33H40N2O8S2/c1-7-23-13-14-24-11-9-10-12-25(24)21-27(26(23)8-2)42-30(38)34-18-17-32(3,4)41-22-33(5,6)45-44-20-19-40-31(39)43-35-28(36)15-16-29(35)37/h7-12,27H,1-2,15-22H2,3-6H3,(H,34,38)/b26-23-. The summed E-state index contributed by atoms with van der Waals surface area (Å²) in [5, 5.41) is 3.30. The van der Waals surface area contributed by atoms with Gasteiger partial charge in [-0.1, -0.05) is 82.0 Å². The van der Waals surface area contributed by atoms with Crippen molar-refractivity contribution in [2.45, 2.75) is 69.8 Å². The molecule has 0 spiro atoms. The maximum atomic E-state index is 12.8. The third-order valence-corrected chi connectivity index (χ3v) is 9.96. The van der Waals surface area contributed by atoms with Crippen molar-refractivity contribution in [1.29, 1.82) is 0 Å². The van der Waals surface area contributed by atoms with E-state index in [1.54, 1.807) is 22.9 Å². The number of nitrogens with one attached hydrogen (secondary N) is 1. The highest BCUT2D eigenvalue weighted by atomic mass is 33.1. The summed E-state index contributed by atoms with van der Waals surface area (Å²) < 4.78 is 16.7. The van der Waals surface area contributed by atoms with Crippen molar-refractivity contribution in [1.82, 2.24) is 10.4 Å². The molecule has 1 N–H and O–H groups in total. The number of alkyl carbamates (subject to hydrolysis) is 1. The average Bonchev–Trinajstić information content (AvgIpc) is 3.29. The monoisotopic (exact) mass is 656 g/mol. The highest BCUT2D eigenvalue weighted by molar-refractivity contribution is 8.77. The summed E-state index contributed by atoms with van der Waals surface area (Å²) in [5.41, 5.74) is 2.74. The van der Waals surface area contributed by atoms with Gasteiger partial charge >= 0.3 is 12.2 Å². The van der Waals surface area contributed by atoms with Gasteiger partial charge in [0.1, 0.15) is 12.7 Å². The van der Waals surface area contributed by atoms with Crippen LogP contribution in [-0.2, 0) is 35.1 Å². The quantitative estimate of drug-likeness (QED) is 0.0801. The first kappa shape index (κ1) is 35.8. The summed E-state index contributed by atoms with van der Waals surface area (Å²) in [5.74, 6) is 5.64. The van der Waals surface area contributed by atoms with E-state index in [4.69, 9.17) is 14.2 Å². The minimum absolute atomic E-state index is 0.0218. The molecule has 2 aliphatic rings. The van der Waals surface area contributed by atoms with E-state index in [1.807, 2.05) is 52.0 Å². The van der Waals surface area contributed by atoms with Crippen LogP contribution in [-0.4, -0.2) is 71.1 Å². The number of benzene rings is 1. The number of hydrogen-bond donors (Lipinski definition) is 1. The van der Waals surface area contributed by atoms with Crippen molar-refractivity contribution in [3.8, 4) is 11.8 Å². The Morgan fingerprint density at radius 2 is 1.80 bits per heavy atom. The van der Waals surface area contributed by atoms with Gasteiger partial charge in [0.05, 0.1) is 12.2 Å². The van der Waals surface area contributed by atoms with Crippen LogP contribution < -0.4 is 5.32 Å². The van der Waals surface area contributed by atoms with Gasteiger partial charge in [0, 0.05) is 53.0 Å². The Balaban J connectivity index is 1.38. The van der Waals surface area contributed by atoms with E-state index in [2.05, 4.69) is 35.2 Å². The molecule has 1 saturated heterocycles. The Hall–Kier alpha value is -3.66.